The number of nitrogens with zero attached hydrogens (tertiary/aromatic N) is 7. The summed E-state index contributed by atoms with van der Waals surface area (Å²) in [6, 6.07) is 7.21. The van der Waals surface area contributed by atoms with Crippen molar-refractivity contribution in [1.82, 2.24) is 30.0 Å². The number of carbonyl (C=O) groups excluding carboxylic acids is 1. The molecule has 3 aromatic heterocycles. The van der Waals surface area contributed by atoms with Crippen LogP contribution in [0.5, 0.6) is 0 Å². The van der Waals surface area contributed by atoms with Gasteiger partial charge in [0.05, 0.1) is 6.20 Å². The van der Waals surface area contributed by atoms with Gasteiger partial charge in [-0.3, -0.25) is 9.69 Å². The first kappa shape index (κ1) is 27.4. The van der Waals surface area contributed by atoms with Gasteiger partial charge in [-0.15, -0.1) is 0 Å². The molecule has 1 fully saturated rings. The number of anilines is 4. The highest BCUT2D eigenvalue weighted by Gasteiger charge is 2.22. The highest BCUT2D eigenvalue weighted by molar-refractivity contribution is 6.04. The largest absolute Gasteiger partial charge is 0.359 e. The molecule has 0 radical (unpaired) electrons. The zero-order valence-electron chi connectivity index (χ0n) is 24.0. The zero-order chi connectivity index (χ0) is 28.4. The van der Waals surface area contributed by atoms with Gasteiger partial charge in [0.25, 0.3) is 5.91 Å². The zero-order valence-corrected chi connectivity index (χ0v) is 24.0. The molecule has 0 aliphatic carbocycles. The normalized spacial score (nSPS) is 14.6. The second-order valence-corrected chi connectivity index (χ2v) is 11.7. The number of carbonyl (C=O) groups is 1. The van der Waals surface area contributed by atoms with E-state index in [1.54, 1.807) is 24.4 Å². The molecule has 0 atom stereocenters. The average molecular weight is 544 g/mol. The highest BCUT2D eigenvalue weighted by Crippen LogP contribution is 2.27. The summed E-state index contributed by atoms with van der Waals surface area (Å²) in [4.78, 5) is 36.0. The Morgan fingerprint density at radius 3 is 2.55 bits per heavy atom. The van der Waals surface area contributed by atoms with Crippen molar-refractivity contribution in [3.8, 4) is 0 Å². The van der Waals surface area contributed by atoms with Crippen LogP contribution in [0.15, 0.2) is 41.3 Å². The van der Waals surface area contributed by atoms with E-state index >= 15 is 0 Å². The number of aryl methyl sites for hydroxylation is 1. The molecular weight excluding hydrogens is 506 g/mol. The molecule has 4 heterocycles. The number of hydrogen-bond acceptors (Lipinski definition) is 10. The summed E-state index contributed by atoms with van der Waals surface area (Å²) < 4.78 is 5.39. The smallest absolute Gasteiger partial charge is 0.256 e. The lowest BCUT2D eigenvalue weighted by atomic mass is 9.93. The molecule has 0 saturated carbocycles. The first-order chi connectivity index (χ1) is 19.1. The maximum absolute atomic E-state index is 13.0. The van der Waals surface area contributed by atoms with Gasteiger partial charge in [-0.2, -0.15) is 0 Å². The van der Waals surface area contributed by atoms with Gasteiger partial charge in [0.15, 0.2) is 11.6 Å². The van der Waals surface area contributed by atoms with Gasteiger partial charge in [-0.25, -0.2) is 19.9 Å². The summed E-state index contributed by atoms with van der Waals surface area (Å²) in [6.07, 6.45) is 3.23. The molecule has 1 amide bonds. The highest BCUT2D eigenvalue weighted by atomic mass is 16.5. The Labute approximate surface area is 234 Å². The number of rotatable bonds is 7. The van der Waals surface area contributed by atoms with Crippen molar-refractivity contribution in [2.24, 2.45) is 5.92 Å². The van der Waals surface area contributed by atoms with Crippen molar-refractivity contribution in [2.75, 3.05) is 48.3 Å². The molecule has 0 unspecified atom stereocenters. The summed E-state index contributed by atoms with van der Waals surface area (Å²) in [5, 5.41) is 10.2. The Morgan fingerprint density at radius 2 is 1.85 bits per heavy atom. The van der Waals surface area contributed by atoms with Gasteiger partial charge >= 0.3 is 0 Å². The second kappa shape index (κ2) is 11.2. The van der Waals surface area contributed by atoms with Gasteiger partial charge in [-0.1, -0.05) is 45.8 Å². The summed E-state index contributed by atoms with van der Waals surface area (Å²) in [5.41, 5.74) is 3.24. The summed E-state index contributed by atoms with van der Waals surface area (Å²) in [6.45, 7) is 17.3. The second-order valence-electron chi connectivity index (χ2n) is 11.7. The first-order valence-electron chi connectivity index (χ1n) is 13.7. The molecule has 1 aliphatic rings. The number of hydrogen-bond donors (Lipinski definition) is 2. The maximum Gasteiger partial charge on any atom is 0.256 e. The lowest BCUT2D eigenvalue weighted by Gasteiger charge is -2.35. The molecule has 0 bridgehead atoms. The number of benzene rings is 1. The number of fused-ring (bicyclic) bond motifs is 1. The third-order valence-corrected chi connectivity index (χ3v) is 6.89. The minimum Gasteiger partial charge on any atom is -0.359 e. The summed E-state index contributed by atoms with van der Waals surface area (Å²) >= 11 is 0. The number of aromatic nitrogens is 5. The predicted molar refractivity (Wildman–Crippen MR) is 156 cm³/mol. The molecule has 0 spiro atoms. The molecule has 11 nitrogen and oxygen atoms in total. The molecular formula is C29H37N9O2. The lowest BCUT2D eigenvalue weighted by Crippen LogP contribution is -2.48. The fraction of sp³-hybridized carbons (Fsp3) is 0.448. The van der Waals surface area contributed by atoms with Crippen LogP contribution in [0, 0.1) is 12.8 Å². The minimum atomic E-state index is -0.287. The molecule has 4 aromatic rings. The van der Waals surface area contributed by atoms with E-state index in [1.807, 2.05) is 33.8 Å². The van der Waals surface area contributed by atoms with E-state index in [0.717, 1.165) is 44.0 Å². The monoisotopic (exact) mass is 543 g/mol. The van der Waals surface area contributed by atoms with E-state index in [4.69, 9.17) is 9.51 Å². The van der Waals surface area contributed by atoms with Crippen LogP contribution in [0.4, 0.5) is 23.3 Å². The van der Waals surface area contributed by atoms with Crippen LogP contribution in [0.1, 0.15) is 56.3 Å². The molecule has 1 aromatic carbocycles. The Hall–Kier alpha value is -4.12. The number of amides is 1. The van der Waals surface area contributed by atoms with Crippen molar-refractivity contribution >= 4 is 40.2 Å². The van der Waals surface area contributed by atoms with Crippen LogP contribution in [-0.4, -0.2) is 68.6 Å². The van der Waals surface area contributed by atoms with Gasteiger partial charge in [0.1, 0.15) is 23.1 Å². The number of piperazine rings is 1. The van der Waals surface area contributed by atoms with E-state index in [-0.39, 0.29) is 11.3 Å². The topological polar surface area (TPSA) is 125 Å². The van der Waals surface area contributed by atoms with E-state index in [0.29, 0.717) is 45.9 Å². The van der Waals surface area contributed by atoms with Crippen molar-refractivity contribution in [2.45, 2.75) is 47.0 Å². The van der Waals surface area contributed by atoms with Gasteiger partial charge < -0.3 is 20.1 Å². The van der Waals surface area contributed by atoms with E-state index in [2.05, 4.69) is 54.4 Å². The van der Waals surface area contributed by atoms with Crippen LogP contribution in [-0.2, 0) is 5.41 Å². The van der Waals surface area contributed by atoms with E-state index in [1.165, 1.54) is 6.33 Å². The molecule has 2 N–H and O–H groups in total. The van der Waals surface area contributed by atoms with Crippen LogP contribution in [0.25, 0.3) is 11.0 Å². The Kier molecular flexibility index (Phi) is 7.66. The van der Waals surface area contributed by atoms with Gasteiger partial charge in [-0.05, 0) is 30.5 Å². The Bertz CT molecular complexity index is 1500. The first-order valence-corrected chi connectivity index (χ1v) is 13.7. The molecule has 1 aliphatic heterocycles. The summed E-state index contributed by atoms with van der Waals surface area (Å²) in [7, 11) is 0. The molecule has 5 rings (SSSR count). The molecule has 40 heavy (non-hydrogen) atoms. The van der Waals surface area contributed by atoms with Gasteiger partial charge in [0.2, 0.25) is 5.95 Å². The van der Waals surface area contributed by atoms with Gasteiger partial charge in [0, 0.05) is 55.5 Å². The quantitative estimate of drug-likeness (QED) is 0.336. The Morgan fingerprint density at radius 1 is 1.07 bits per heavy atom. The molecule has 210 valence electrons. The standard InChI is InChI=1S/C29H37N9O2/c1-18(2)16-37-9-11-38(12-10-37)28-30-15-22-25(35-28)26(32-17-31-22)33-21-13-20(8-7-19(21)3)27(39)34-24-14-23(40-36-24)29(4,5)6/h7-8,13-15,17-18H,9-12,16H2,1-6H3,(H,31,32,33)(H,34,36,39). The molecule has 1 saturated heterocycles. The fourth-order valence-corrected chi connectivity index (χ4v) is 4.64. The lowest BCUT2D eigenvalue weighted by molar-refractivity contribution is 0.102. The maximum atomic E-state index is 13.0. The van der Waals surface area contributed by atoms with Crippen LogP contribution < -0.4 is 15.5 Å². The van der Waals surface area contributed by atoms with Crippen molar-refractivity contribution in [3.05, 3.63) is 53.7 Å². The van der Waals surface area contributed by atoms with Crippen LogP contribution >= 0.6 is 0 Å². The summed E-state index contributed by atoms with van der Waals surface area (Å²) in [5.74, 6) is 2.65. The SMILES string of the molecule is Cc1ccc(C(=O)Nc2cc(C(C)(C)C)on2)cc1Nc1ncnc2cnc(N3CCN(CC(C)C)CC3)nc12. The van der Waals surface area contributed by atoms with E-state index < -0.39 is 0 Å². The minimum absolute atomic E-state index is 0.206. The van der Waals surface area contributed by atoms with E-state index in [9.17, 15) is 4.79 Å². The third kappa shape index (κ3) is 6.20. The van der Waals surface area contributed by atoms with Crippen LogP contribution in [0.3, 0.4) is 0 Å². The van der Waals surface area contributed by atoms with Crippen LogP contribution in [0.2, 0.25) is 0 Å². The third-order valence-electron chi connectivity index (χ3n) is 6.89. The Balaban J connectivity index is 1.35. The predicted octanol–water partition coefficient (Wildman–Crippen LogP) is 4.79. The average Bonchev–Trinajstić information content (AvgIpc) is 3.39. The van der Waals surface area contributed by atoms with Crippen molar-refractivity contribution < 1.29 is 9.32 Å². The van der Waals surface area contributed by atoms with Crippen molar-refractivity contribution in [3.63, 3.8) is 0 Å². The fourth-order valence-electron chi connectivity index (χ4n) is 4.64. The number of nitrogens with one attached hydrogen (secondary N) is 2. The van der Waals surface area contributed by atoms with Crippen molar-refractivity contribution in [1.29, 1.82) is 0 Å². The molecule has 11 heteroatoms.